The molecule has 1 aliphatic carbocycles. The summed E-state index contributed by atoms with van der Waals surface area (Å²) in [6.45, 7) is 4.59. The fourth-order valence-corrected chi connectivity index (χ4v) is 4.33. The zero-order valence-corrected chi connectivity index (χ0v) is 16.2. The van der Waals surface area contributed by atoms with E-state index in [4.69, 9.17) is 11.6 Å². The predicted molar refractivity (Wildman–Crippen MR) is 103 cm³/mol. The van der Waals surface area contributed by atoms with Crippen molar-refractivity contribution in [2.75, 3.05) is 18.0 Å². The molecule has 1 aliphatic heterocycles. The smallest absolute Gasteiger partial charge is 0.341 e. The predicted octanol–water partition coefficient (Wildman–Crippen LogP) is 3.15. The van der Waals surface area contributed by atoms with E-state index in [1.165, 1.54) is 4.57 Å². The minimum absolute atomic E-state index is 0.0111. The van der Waals surface area contributed by atoms with Crippen molar-refractivity contribution < 1.29 is 18.7 Å². The molecule has 4 rings (SSSR count). The number of carbonyl (C=O) groups is 1. The van der Waals surface area contributed by atoms with Crippen LogP contribution >= 0.6 is 11.6 Å². The van der Waals surface area contributed by atoms with Crippen molar-refractivity contribution in [1.29, 1.82) is 0 Å². The van der Waals surface area contributed by atoms with E-state index in [1.54, 1.807) is 4.90 Å². The van der Waals surface area contributed by atoms with E-state index >= 15 is 8.78 Å². The van der Waals surface area contributed by atoms with Crippen LogP contribution in [0.4, 0.5) is 14.5 Å². The van der Waals surface area contributed by atoms with Crippen molar-refractivity contribution in [3.63, 3.8) is 0 Å². The Morgan fingerprint density at radius 2 is 1.82 bits per heavy atom. The molecule has 0 bridgehead atoms. The molecule has 150 valence electrons. The van der Waals surface area contributed by atoms with Crippen molar-refractivity contribution in [2.45, 2.75) is 44.8 Å². The zero-order chi connectivity index (χ0) is 20.3. The molecule has 0 spiro atoms. The number of halogens is 3. The number of hydrogen-bond donors (Lipinski definition) is 2. The maximum Gasteiger partial charge on any atom is 0.341 e. The molecule has 0 amide bonds. The van der Waals surface area contributed by atoms with Gasteiger partial charge in [-0.15, -0.1) is 0 Å². The van der Waals surface area contributed by atoms with E-state index in [1.807, 2.05) is 13.8 Å². The van der Waals surface area contributed by atoms with Gasteiger partial charge in [0.1, 0.15) is 11.3 Å². The molecule has 2 aromatic rings. The summed E-state index contributed by atoms with van der Waals surface area (Å²) < 4.78 is 32.2. The third kappa shape index (κ3) is 2.95. The first-order valence-corrected chi connectivity index (χ1v) is 9.58. The molecule has 9 heteroatoms. The van der Waals surface area contributed by atoms with Gasteiger partial charge in [0.2, 0.25) is 5.43 Å². The summed E-state index contributed by atoms with van der Waals surface area (Å²) in [5, 5.41) is 11.7. The third-order valence-electron chi connectivity index (χ3n) is 5.32. The fourth-order valence-electron chi connectivity index (χ4n) is 4.06. The largest absolute Gasteiger partial charge is 0.477 e. The van der Waals surface area contributed by atoms with Crippen LogP contribution in [0.1, 0.15) is 43.1 Å². The van der Waals surface area contributed by atoms with Gasteiger partial charge >= 0.3 is 5.97 Å². The summed E-state index contributed by atoms with van der Waals surface area (Å²) in [5.74, 6) is -3.36. The van der Waals surface area contributed by atoms with Crippen LogP contribution in [-0.4, -0.2) is 40.8 Å². The van der Waals surface area contributed by atoms with Gasteiger partial charge in [-0.1, -0.05) is 11.6 Å². The van der Waals surface area contributed by atoms with Crippen LogP contribution in [0.5, 0.6) is 0 Å². The van der Waals surface area contributed by atoms with Crippen LogP contribution in [-0.2, 0) is 0 Å². The molecular formula is C19H20ClF2N3O3. The molecule has 0 radical (unpaired) electrons. The lowest BCUT2D eigenvalue weighted by atomic mass is 10.1. The number of carboxylic acid groups (broad SMARTS) is 1. The van der Waals surface area contributed by atoms with Crippen molar-refractivity contribution in [3.8, 4) is 0 Å². The van der Waals surface area contributed by atoms with E-state index < -0.39 is 39.0 Å². The Kier molecular flexibility index (Phi) is 4.58. The van der Waals surface area contributed by atoms with E-state index in [-0.39, 0.29) is 29.3 Å². The van der Waals surface area contributed by atoms with Crippen molar-refractivity contribution in [3.05, 3.63) is 38.6 Å². The lowest BCUT2D eigenvalue weighted by molar-refractivity contribution is 0.0695. The Balaban J connectivity index is 2.05. The van der Waals surface area contributed by atoms with Crippen molar-refractivity contribution in [1.82, 2.24) is 9.88 Å². The van der Waals surface area contributed by atoms with Gasteiger partial charge < -0.3 is 19.9 Å². The first-order chi connectivity index (χ1) is 13.2. The van der Waals surface area contributed by atoms with Gasteiger partial charge in [-0.05, 0) is 26.7 Å². The number of fused-ring (bicyclic) bond motifs is 1. The number of benzene rings is 1. The molecule has 0 unspecified atom stereocenters. The highest BCUT2D eigenvalue weighted by Crippen LogP contribution is 2.42. The first kappa shape index (κ1) is 19.1. The van der Waals surface area contributed by atoms with E-state index in [9.17, 15) is 14.7 Å². The average Bonchev–Trinajstić information content (AvgIpc) is 3.43. The number of carboxylic acids is 1. The zero-order valence-electron chi connectivity index (χ0n) is 15.4. The Labute approximate surface area is 164 Å². The summed E-state index contributed by atoms with van der Waals surface area (Å²) >= 11 is 6.18. The molecule has 28 heavy (non-hydrogen) atoms. The van der Waals surface area contributed by atoms with E-state index in [0.717, 1.165) is 19.0 Å². The van der Waals surface area contributed by atoms with Gasteiger partial charge in [-0.2, -0.15) is 0 Å². The Bertz CT molecular complexity index is 1040. The minimum Gasteiger partial charge on any atom is -0.477 e. The Hall–Kier alpha value is -2.19. The lowest BCUT2D eigenvalue weighted by Gasteiger charge is -2.38. The van der Waals surface area contributed by atoms with Gasteiger partial charge in [0, 0.05) is 37.4 Å². The monoisotopic (exact) mass is 411 g/mol. The second-order valence-electron chi connectivity index (χ2n) is 7.70. The summed E-state index contributed by atoms with van der Waals surface area (Å²) in [5.41, 5.74) is -1.92. The van der Waals surface area contributed by atoms with Crippen LogP contribution in [0.15, 0.2) is 11.0 Å². The van der Waals surface area contributed by atoms with Crippen LogP contribution in [0.3, 0.4) is 0 Å². The topological polar surface area (TPSA) is 74.6 Å². The van der Waals surface area contributed by atoms with E-state index in [2.05, 4.69) is 5.32 Å². The maximum atomic E-state index is 15.6. The number of aromatic carboxylic acids is 1. The van der Waals surface area contributed by atoms with Crippen LogP contribution in [0, 0.1) is 11.6 Å². The first-order valence-electron chi connectivity index (χ1n) is 9.20. The molecule has 1 saturated carbocycles. The number of nitrogens with one attached hydrogen (secondary N) is 1. The lowest BCUT2D eigenvalue weighted by Crippen LogP contribution is -2.54. The van der Waals surface area contributed by atoms with Gasteiger partial charge in [0.05, 0.1) is 15.9 Å². The van der Waals surface area contributed by atoms with Gasteiger partial charge in [0.15, 0.2) is 11.6 Å². The second-order valence-corrected chi connectivity index (χ2v) is 8.08. The third-order valence-corrected chi connectivity index (χ3v) is 5.67. The van der Waals surface area contributed by atoms with E-state index in [0.29, 0.717) is 13.1 Å². The second kappa shape index (κ2) is 6.70. The quantitative estimate of drug-likeness (QED) is 0.759. The van der Waals surface area contributed by atoms with Gasteiger partial charge in [-0.25, -0.2) is 13.6 Å². The normalized spacial score (nSPS) is 22.7. The molecule has 2 atom stereocenters. The molecule has 2 aliphatic rings. The van der Waals surface area contributed by atoms with Crippen LogP contribution in [0.2, 0.25) is 5.02 Å². The number of aromatic nitrogens is 1. The number of hydrogen-bond acceptors (Lipinski definition) is 4. The molecule has 2 heterocycles. The number of pyridine rings is 1. The van der Waals surface area contributed by atoms with Crippen molar-refractivity contribution in [2.24, 2.45) is 0 Å². The highest BCUT2D eigenvalue weighted by Gasteiger charge is 2.34. The Morgan fingerprint density at radius 3 is 2.36 bits per heavy atom. The molecule has 1 saturated heterocycles. The number of piperazine rings is 1. The summed E-state index contributed by atoms with van der Waals surface area (Å²) in [6.07, 6.45) is 2.60. The highest BCUT2D eigenvalue weighted by molar-refractivity contribution is 6.36. The number of nitrogens with zero attached hydrogens (tertiary/aromatic N) is 2. The molecule has 1 aromatic heterocycles. The molecule has 6 nitrogen and oxygen atoms in total. The minimum atomic E-state index is -1.45. The van der Waals surface area contributed by atoms with Crippen LogP contribution in [0.25, 0.3) is 10.9 Å². The molecule has 2 fully saturated rings. The molecule has 1 aromatic carbocycles. The summed E-state index contributed by atoms with van der Waals surface area (Å²) in [4.78, 5) is 25.7. The molecule has 2 N–H and O–H groups in total. The standard InChI is InChI=1S/C19H20ClF2N3O3/c1-8-5-24(6-9(2)23-8)17-14(21)13(20)12-16(15(17)22)25(10-3-4-10)7-11(18(12)26)19(27)28/h7-10,23H,3-6H2,1-2H3,(H,27,28)/t8-,9+. The fraction of sp³-hybridized carbons (Fsp3) is 0.474. The Morgan fingerprint density at radius 1 is 1.21 bits per heavy atom. The number of rotatable bonds is 3. The summed E-state index contributed by atoms with van der Waals surface area (Å²) in [7, 11) is 0. The SMILES string of the molecule is C[C@@H]1CN(c2c(F)c(Cl)c3c(=O)c(C(=O)O)cn(C4CC4)c3c2F)C[C@H](C)N1. The maximum absolute atomic E-state index is 15.6. The van der Waals surface area contributed by atoms with Gasteiger partial charge in [-0.3, -0.25) is 4.79 Å². The average molecular weight is 412 g/mol. The van der Waals surface area contributed by atoms with Crippen LogP contribution < -0.4 is 15.6 Å². The molecular weight excluding hydrogens is 392 g/mol. The van der Waals surface area contributed by atoms with Crippen molar-refractivity contribution >= 4 is 34.2 Å². The highest BCUT2D eigenvalue weighted by atomic mass is 35.5. The summed E-state index contributed by atoms with van der Waals surface area (Å²) in [6, 6.07) is -0.111. The van der Waals surface area contributed by atoms with Gasteiger partial charge in [0.25, 0.3) is 0 Å². The number of anilines is 1.